The number of piperazine rings is 1. The SMILES string of the molecule is Clc1cc(Cl)cc(SN2CCNCC2)c1. The van der Waals surface area contributed by atoms with Crippen LogP contribution in [0.15, 0.2) is 23.1 Å². The van der Waals surface area contributed by atoms with Crippen LogP contribution in [0.3, 0.4) is 0 Å². The van der Waals surface area contributed by atoms with Crippen LogP contribution in [0, 0.1) is 0 Å². The average molecular weight is 263 g/mol. The van der Waals surface area contributed by atoms with E-state index in [-0.39, 0.29) is 0 Å². The largest absolute Gasteiger partial charge is 0.314 e. The summed E-state index contributed by atoms with van der Waals surface area (Å²) in [6, 6.07) is 5.64. The first-order valence-corrected chi connectivity index (χ1v) is 6.37. The minimum atomic E-state index is 0.695. The maximum absolute atomic E-state index is 5.94. The molecule has 1 aliphatic heterocycles. The highest BCUT2D eigenvalue weighted by atomic mass is 35.5. The Labute approximate surface area is 104 Å². The van der Waals surface area contributed by atoms with Gasteiger partial charge in [-0.2, -0.15) is 0 Å². The Balaban J connectivity index is 2.02. The number of nitrogens with zero attached hydrogens (tertiary/aromatic N) is 1. The Hall–Kier alpha value is 0.0700. The summed E-state index contributed by atoms with van der Waals surface area (Å²) >= 11 is 13.6. The van der Waals surface area contributed by atoms with Crippen molar-refractivity contribution in [2.75, 3.05) is 26.2 Å². The summed E-state index contributed by atoms with van der Waals surface area (Å²) in [6.07, 6.45) is 0. The second kappa shape index (κ2) is 5.41. The molecule has 1 aliphatic rings. The van der Waals surface area contributed by atoms with Crippen molar-refractivity contribution in [2.45, 2.75) is 4.90 Å². The van der Waals surface area contributed by atoms with Gasteiger partial charge in [-0.3, -0.25) is 0 Å². The predicted octanol–water partition coefficient (Wildman–Crippen LogP) is 2.91. The molecule has 2 nitrogen and oxygen atoms in total. The Kier molecular flexibility index (Phi) is 4.17. The molecule has 0 radical (unpaired) electrons. The lowest BCUT2D eigenvalue weighted by Gasteiger charge is -2.25. The molecule has 0 bridgehead atoms. The summed E-state index contributed by atoms with van der Waals surface area (Å²) in [5, 5.41) is 4.71. The fourth-order valence-corrected chi connectivity index (χ4v) is 3.14. The van der Waals surface area contributed by atoms with Crippen LogP contribution in [0.2, 0.25) is 10.0 Å². The Bertz CT molecular complexity index is 320. The lowest BCUT2D eigenvalue weighted by Crippen LogP contribution is -2.39. The summed E-state index contributed by atoms with van der Waals surface area (Å²) in [5.74, 6) is 0. The van der Waals surface area contributed by atoms with Crippen molar-refractivity contribution in [3.63, 3.8) is 0 Å². The molecule has 82 valence electrons. The van der Waals surface area contributed by atoms with E-state index in [2.05, 4.69) is 9.62 Å². The number of hydrogen-bond donors (Lipinski definition) is 1. The topological polar surface area (TPSA) is 15.3 Å². The van der Waals surface area contributed by atoms with Crippen LogP contribution in [-0.2, 0) is 0 Å². The fraction of sp³-hybridized carbons (Fsp3) is 0.400. The fourth-order valence-electron chi connectivity index (χ4n) is 1.47. The molecule has 15 heavy (non-hydrogen) atoms. The van der Waals surface area contributed by atoms with Gasteiger partial charge in [-0.25, -0.2) is 4.31 Å². The van der Waals surface area contributed by atoms with E-state index in [1.807, 2.05) is 12.1 Å². The van der Waals surface area contributed by atoms with Crippen molar-refractivity contribution in [3.8, 4) is 0 Å². The Morgan fingerprint density at radius 2 is 1.67 bits per heavy atom. The number of nitrogens with one attached hydrogen (secondary N) is 1. The minimum Gasteiger partial charge on any atom is -0.314 e. The molecule has 0 amide bonds. The van der Waals surface area contributed by atoms with Gasteiger partial charge < -0.3 is 5.32 Å². The van der Waals surface area contributed by atoms with Crippen LogP contribution in [-0.4, -0.2) is 30.5 Å². The van der Waals surface area contributed by atoms with Crippen LogP contribution in [0.5, 0.6) is 0 Å². The summed E-state index contributed by atoms with van der Waals surface area (Å²) < 4.78 is 2.32. The molecule has 0 aliphatic carbocycles. The van der Waals surface area contributed by atoms with E-state index in [4.69, 9.17) is 23.2 Å². The lowest BCUT2D eigenvalue weighted by molar-refractivity contribution is 0.396. The molecule has 1 aromatic carbocycles. The quantitative estimate of drug-likeness (QED) is 0.826. The van der Waals surface area contributed by atoms with Gasteiger partial charge in [0.15, 0.2) is 0 Å². The zero-order valence-electron chi connectivity index (χ0n) is 8.17. The van der Waals surface area contributed by atoms with E-state index >= 15 is 0 Å². The minimum absolute atomic E-state index is 0.695. The summed E-state index contributed by atoms with van der Waals surface area (Å²) in [5.41, 5.74) is 0. The van der Waals surface area contributed by atoms with Crippen LogP contribution < -0.4 is 5.32 Å². The molecule has 1 N–H and O–H groups in total. The van der Waals surface area contributed by atoms with Crippen molar-refractivity contribution >= 4 is 35.1 Å². The van der Waals surface area contributed by atoms with E-state index < -0.39 is 0 Å². The normalized spacial score (nSPS) is 18.0. The van der Waals surface area contributed by atoms with Gasteiger partial charge >= 0.3 is 0 Å². The van der Waals surface area contributed by atoms with E-state index in [1.165, 1.54) is 0 Å². The first kappa shape index (κ1) is 11.6. The van der Waals surface area contributed by atoms with Crippen molar-refractivity contribution in [1.82, 2.24) is 9.62 Å². The second-order valence-corrected chi connectivity index (χ2v) is 5.42. The van der Waals surface area contributed by atoms with Crippen LogP contribution >= 0.6 is 35.1 Å². The highest BCUT2D eigenvalue weighted by Gasteiger charge is 2.11. The molecule has 1 saturated heterocycles. The molecule has 0 spiro atoms. The first-order valence-electron chi connectivity index (χ1n) is 4.84. The third-order valence-corrected chi connectivity index (χ3v) is 3.65. The molecule has 1 heterocycles. The highest BCUT2D eigenvalue weighted by molar-refractivity contribution is 7.97. The molecular weight excluding hydrogens is 251 g/mol. The first-order chi connectivity index (χ1) is 7.24. The van der Waals surface area contributed by atoms with Crippen LogP contribution in [0.25, 0.3) is 0 Å². The molecule has 0 atom stereocenters. The maximum Gasteiger partial charge on any atom is 0.0432 e. The Morgan fingerprint density at radius 3 is 2.27 bits per heavy atom. The van der Waals surface area contributed by atoms with Gasteiger partial charge in [0.2, 0.25) is 0 Å². The third kappa shape index (κ3) is 3.54. The molecule has 0 saturated carbocycles. The van der Waals surface area contributed by atoms with Crippen molar-refractivity contribution in [1.29, 1.82) is 0 Å². The number of rotatable bonds is 2. The molecule has 5 heteroatoms. The summed E-state index contributed by atoms with van der Waals surface area (Å²) in [4.78, 5) is 1.11. The predicted molar refractivity (Wildman–Crippen MR) is 66.8 cm³/mol. The molecule has 0 unspecified atom stereocenters. The molecule has 1 fully saturated rings. The molecule has 1 aromatic rings. The zero-order chi connectivity index (χ0) is 10.7. The van der Waals surface area contributed by atoms with Crippen molar-refractivity contribution in [3.05, 3.63) is 28.2 Å². The third-order valence-electron chi connectivity index (χ3n) is 2.15. The monoisotopic (exact) mass is 262 g/mol. The van der Waals surface area contributed by atoms with E-state index in [0.29, 0.717) is 10.0 Å². The van der Waals surface area contributed by atoms with Crippen molar-refractivity contribution < 1.29 is 0 Å². The Morgan fingerprint density at radius 1 is 1.07 bits per heavy atom. The van der Waals surface area contributed by atoms with E-state index in [1.54, 1.807) is 18.0 Å². The van der Waals surface area contributed by atoms with Crippen LogP contribution in [0.1, 0.15) is 0 Å². The van der Waals surface area contributed by atoms with Gasteiger partial charge in [-0.15, -0.1) is 0 Å². The van der Waals surface area contributed by atoms with E-state index in [0.717, 1.165) is 31.1 Å². The summed E-state index contributed by atoms with van der Waals surface area (Å²) in [7, 11) is 0. The lowest BCUT2D eigenvalue weighted by atomic mass is 10.4. The number of halogens is 2. The number of hydrogen-bond acceptors (Lipinski definition) is 3. The van der Waals surface area contributed by atoms with Gasteiger partial charge in [0.25, 0.3) is 0 Å². The van der Waals surface area contributed by atoms with Gasteiger partial charge in [-0.1, -0.05) is 23.2 Å². The second-order valence-electron chi connectivity index (χ2n) is 3.38. The maximum atomic E-state index is 5.94. The van der Waals surface area contributed by atoms with Crippen molar-refractivity contribution in [2.24, 2.45) is 0 Å². The molecule has 0 aromatic heterocycles. The van der Waals surface area contributed by atoms with Gasteiger partial charge in [0.1, 0.15) is 0 Å². The number of benzene rings is 1. The standard InChI is InChI=1S/C10H12Cl2N2S/c11-8-5-9(12)7-10(6-8)15-14-3-1-13-2-4-14/h5-7,13H,1-4H2. The molecule has 2 rings (SSSR count). The molecular formula is C10H12Cl2N2S. The van der Waals surface area contributed by atoms with Crippen LogP contribution in [0.4, 0.5) is 0 Å². The van der Waals surface area contributed by atoms with E-state index in [9.17, 15) is 0 Å². The average Bonchev–Trinajstić information content (AvgIpc) is 2.17. The summed E-state index contributed by atoms with van der Waals surface area (Å²) in [6.45, 7) is 4.19. The zero-order valence-corrected chi connectivity index (χ0v) is 10.5. The van der Waals surface area contributed by atoms with Gasteiger partial charge in [0, 0.05) is 41.1 Å². The van der Waals surface area contributed by atoms with Gasteiger partial charge in [0.05, 0.1) is 0 Å². The smallest absolute Gasteiger partial charge is 0.0432 e. The van der Waals surface area contributed by atoms with Gasteiger partial charge in [-0.05, 0) is 30.1 Å². The highest BCUT2D eigenvalue weighted by Crippen LogP contribution is 2.28.